The van der Waals surface area contributed by atoms with E-state index < -0.39 is 23.0 Å². The van der Waals surface area contributed by atoms with E-state index in [1.165, 1.54) is 41.4 Å². The van der Waals surface area contributed by atoms with E-state index in [2.05, 4.69) is 25.6 Å². The topological polar surface area (TPSA) is 161 Å². The van der Waals surface area contributed by atoms with Crippen LogP contribution in [0.4, 0.5) is 17.3 Å². The van der Waals surface area contributed by atoms with Gasteiger partial charge in [-0.1, -0.05) is 23.7 Å². The van der Waals surface area contributed by atoms with Gasteiger partial charge in [0.2, 0.25) is 5.95 Å². The minimum Gasteiger partial charge on any atom is -0.506 e. The van der Waals surface area contributed by atoms with Crippen molar-refractivity contribution in [3.63, 3.8) is 0 Å². The summed E-state index contributed by atoms with van der Waals surface area (Å²) in [5, 5.41) is 26.1. The van der Waals surface area contributed by atoms with E-state index in [4.69, 9.17) is 11.6 Å². The molecular weight excluding hydrogens is 524 g/mol. The Morgan fingerprint density at radius 2 is 1.90 bits per heavy atom. The summed E-state index contributed by atoms with van der Waals surface area (Å²) >= 11 is 6.29. The van der Waals surface area contributed by atoms with Crippen LogP contribution in [0.25, 0.3) is 11.0 Å². The molecule has 0 aliphatic rings. The standard InChI is InChI=1S/C27H27ClN6O5/c1-4-34(20-7-5-6-8-21(20)35)25(38)15-9-10-18(28)19(12-15)31-23(36)17-11-16-13-29-26(30-14-27(2,3)39)33-22(16)32-24(17)37/h5-13,35,39H,4,14H2,1-3H3,(H,31,36)(H2,29,30,32,33,37). The van der Waals surface area contributed by atoms with Gasteiger partial charge in [0.25, 0.3) is 17.4 Å². The molecule has 11 nitrogen and oxygen atoms in total. The molecule has 5 N–H and O–H groups in total. The summed E-state index contributed by atoms with van der Waals surface area (Å²) in [6.45, 7) is 5.49. The van der Waals surface area contributed by atoms with E-state index in [0.717, 1.165) is 0 Å². The van der Waals surface area contributed by atoms with E-state index in [1.54, 1.807) is 39.0 Å². The summed E-state index contributed by atoms with van der Waals surface area (Å²) in [7, 11) is 0. The Morgan fingerprint density at radius 3 is 2.59 bits per heavy atom. The van der Waals surface area contributed by atoms with Gasteiger partial charge in [0.15, 0.2) is 0 Å². The third-order valence-corrected chi connectivity index (χ3v) is 6.04. The lowest BCUT2D eigenvalue weighted by Crippen LogP contribution is -2.30. The second-order valence-electron chi connectivity index (χ2n) is 9.36. The van der Waals surface area contributed by atoms with Gasteiger partial charge in [-0.05, 0) is 57.2 Å². The molecule has 0 aliphatic heterocycles. The molecule has 4 aromatic rings. The number of carbonyl (C=O) groups excluding carboxylic acids is 2. The van der Waals surface area contributed by atoms with Crippen molar-refractivity contribution in [2.75, 3.05) is 28.6 Å². The zero-order chi connectivity index (χ0) is 28.3. The first kappa shape index (κ1) is 27.6. The number of fused-ring (bicyclic) bond motifs is 1. The van der Waals surface area contributed by atoms with Crippen LogP contribution >= 0.6 is 11.6 Å². The second-order valence-corrected chi connectivity index (χ2v) is 9.77. The van der Waals surface area contributed by atoms with Crippen LogP contribution in [-0.4, -0.2) is 55.7 Å². The van der Waals surface area contributed by atoms with Crippen molar-refractivity contribution in [2.45, 2.75) is 26.4 Å². The molecule has 0 saturated carbocycles. The van der Waals surface area contributed by atoms with Crippen LogP contribution in [0.5, 0.6) is 5.75 Å². The molecule has 0 spiro atoms. The van der Waals surface area contributed by atoms with Gasteiger partial charge >= 0.3 is 0 Å². The molecule has 0 aliphatic carbocycles. The van der Waals surface area contributed by atoms with E-state index >= 15 is 0 Å². The van der Waals surface area contributed by atoms with Crippen molar-refractivity contribution in [1.29, 1.82) is 0 Å². The van der Waals surface area contributed by atoms with Crippen LogP contribution in [0.15, 0.2) is 59.5 Å². The third kappa shape index (κ3) is 6.33. The van der Waals surface area contributed by atoms with E-state index in [0.29, 0.717) is 11.1 Å². The summed E-state index contributed by atoms with van der Waals surface area (Å²) in [6.07, 6.45) is 1.44. The van der Waals surface area contributed by atoms with Crippen molar-refractivity contribution >= 4 is 51.8 Å². The number of phenolic OH excluding ortho intramolecular Hbond substituents is 1. The van der Waals surface area contributed by atoms with Crippen LogP contribution in [0, 0.1) is 0 Å². The number of aliphatic hydroxyl groups is 1. The first-order valence-corrected chi connectivity index (χ1v) is 12.4. The molecular formula is C27H27ClN6O5. The average Bonchev–Trinajstić information content (AvgIpc) is 2.89. The molecule has 0 unspecified atom stereocenters. The number of aromatic amines is 1. The highest BCUT2D eigenvalue weighted by atomic mass is 35.5. The number of carbonyl (C=O) groups is 2. The highest BCUT2D eigenvalue weighted by molar-refractivity contribution is 6.34. The van der Waals surface area contributed by atoms with Crippen molar-refractivity contribution in [3.8, 4) is 5.75 Å². The number of hydrogen-bond donors (Lipinski definition) is 5. The highest BCUT2D eigenvalue weighted by Crippen LogP contribution is 2.29. The number of rotatable bonds is 8. The Labute approximate surface area is 228 Å². The number of amides is 2. The molecule has 2 heterocycles. The highest BCUT2D eigenvalue weighted by Gasteiger charge is 2.21. The van der Waals surface area contributed by atoms with Crippen LogP contribution in [-0.2, 0) is 0 Å². The van der Waals surface area contributed by atoms with Gasteiger partial charge in [0.1, 0.15) is 17.0 Å². The maximum Gasteiger partial charge on any atom is 0.262 e. The maximum atomic E-state index is 13.2. The van der Waals surface area contributed by atoms with Crippen molar-refractivity contribution < 1.29 is 19.8 Å². The predicted octanol–water partition coefficient (Wildman–Crippen LogP) is 3.78. The molecule has 2 aromatic heterocycles. The van der Waals surface area contributed by atoms with Gasteiger partial charge < -0.3 is 30.7 Å². The van der Waals surface area contributed by atoms with Gasteiger partial charge in [-0.15, -0.1) is 0 Å². The lowest BCUT2D eigenvalue weighted by atomic mass is 10.1. The number of aromatic hydroxyl groups is 1. The SMILES string of the molecule is CCN(C(=O)c1ccc(Cl)c(NC(=O)c2cc3cnc(NCC(C)(C)O)nc3[nH]c2=O)c1)c1ccccc1O. The third-order valence-electron chi connectivity index (χ3n) is 5.71. The number of para-hydroxylation sites is 2. The Hall–Kier alpha value is -4.48. The van der Waals surface area contributed by atoms with Crippen LogP contribution in [0.2, 0.25) is 5.02 Å². The number of anilines is 3. The zero-order valence-corrected chi connectivity index (χ0v) is 22.2. The summed E-state index contributed by atoms with van der Waals surface area (Å²) in [5.41, 5.74) is -0.995. The molecule has 0 fully saturated rings. The zero-order valence-electron chi connectivity index (χ0n) is 21.4. The molecule has 4 rings (SSSR count). The number of hydrogen-bond acceptors (Lipinski definition) is 8. The van der Waals surface area contributed by atoms with E-state index in [9.17, 15) is 24.6 Å². The molecule has 0 bridgehead atoms. The number of benzene rings is 2. The molecule has 0 saturated heterocycles. The minimum absolute atomic E-state index is 0.0464. The fourth-order valence-corrected chi connectivity index (χ4v) is 3.92. The Bertz CT molecular complexity index is 1610. The number of nitrogens with one attached hydrogen (secondary N) is 3. The van der Waals surface area contributed by atoms with Gasteiger partial charge in [0, 0.05) is 30.2 Å². The molecule has 0 atom stereocenters. The Kier molecular flexibility index (Phi) is 7.84. The number of aromatic nitrogens is 3. The predicted molar refractivity (Wildman–Crippen MR) is 150 cm³/mol. The lowest BCUT2D eigenvalue weighted by molar-refractivity contribution is 0.0942. The quantitative estimate of drug-likeness (QED) is 0.221. The molecule has 2 aromatic carbocycles. The van der Waals surface area contributed by atoms with Gasteiger partial charge in [0.05, 0.1) is 22.0 Å². The second kappa shape index (κ2) is 11.1. The first-order valence-electron chi connectivity index (χ1n) is 12.0. The molecule has 2 amide bonds. The fourth-order valence-electron chi connectivity index (χ4n) is 3.76. The lowest BCUT2D eigenvalue weighted by Gasteiger charge is -2.22. The minimum atomic E-state index is -0.991. The fraction of sp³-hybridized carbons (Fsp3) is 0.222. The number of H-pyrrole nitrogens is 1. The van der Waals surface area contributed by atoms with Gasteiger partial charge in [-0.25, -0.2) is 4.98 Å². The van der Waals surface area contributed by atoms with Crippen molar-refractivity contribution in [1.82, 2.24) is 15.0 Å². The van der Waals surface area contributed by atoms with Crippen LogP contribution < -0.4 is 21.1 Å². The van der Waals surface area contributed by atoms with Crippen molar-refractivity contribution in [3.05, 3.63) is 81.2 Å². The molecule has 0 radical (unpaired) electrons. The number of phenols is 1. The molecule has 12 heteroatoms. The van der Waals surface area contributed by atoms with Gasteiger partial charge in [-0.3, -0.25) is 14.4 Å². The van der Waals surface area contributed by atoms with E-state index in [-0.39, 0.29) is 52.3 Å². The summed E-state index contributed by atoms with van der Waals surface area (Å²) < 4.78 is 0. The monoisotopic (exact) mass is 550 g/mol. The molecule has 202 valence electrons. The largest absolute Gasteiger partial charge is 0.506 e. The van der Waals surface area contributed by atoms with Gasteiger partial charge in [-0.2, -0.15) is 4.98 Å². The maximum absolute atomic E-state index is 13.2. The number of nitrogens with zero attached hydrogens (tertiary/aromatic N) is 3. The van der Waals surface area contributed by atoms with E-state index in [1.807, 2.05) is 0 Å². The first-order chi connectivity index (χ1) is 18.5. The summed E-state index contributed by atoms with van der Waals surface area (Å²) in [4.78, 5) is 51.3. The summed E-state index contributed by atoms with van der Waals surface area (Å²) in [6, 6.07) is 12.2. The normalized spacial score (nSPS) is 11.3. The Balaban J connectivity index is 1.58. The van der Waals surface area contributed by atoms with Crippen LogP contribution in [0.3, 0.4) is 0 Å². The van der Waals surface area contributed by atoms with Crippen molar-refractivity contribution in [2.24, 2.45) is 0 Å². The smallest absolute Gasteiger partial charge is 0.262 e. The number of pyridine rings is 1. The molecule has 39 heavy (non-hydrogen) atoms. The number of halogens is 1. The van der Waals surface area contributed by atoms with Crippen LogP contribution in [0.1, 0.15) is 41.5 Å². The summed E-state index contributed by atoms with van der Waals surface area (Å²) in [5.74, 6) is -1.01. The average molecular weight is 551 g/mol. The Morgan fingerprint density at radius 1 is 1.15 bits per heavy atom.